The van der Waals surface area contributed by atoms with Crippen LogP contribution in [0.15, 0.2) is 0 Å². The molecule has 0 heterocycles. The van der Waals surface area contributed by atoms with Crippen LogP contribution in [-0.4, -0.2) is 43.9 Å². The van der Waals surface area contributed by atoms with Gasteiger partial charge in [-0.25, -0.2) is 13.1 Å². The third-order valence-corrected chi connectivity index (χ3v) is 2.79. The smallest absolute Gasteiger partial charge is 0.238 e. The van der Waals surface area contributed by atoms with Gasteiger partial charge in [-0.15, -0.1) is 0 Å². The Hall–Kier alpha value is -0.660. The van der Waals surface area contributed by atoms with Crippen molar-refractivity contribution in [3.05, 3.63) is 0 Å². The van der Waals surface area contributed by atoms with Crippen LogP contribution in [0.25, 0.3) is 0 Å². The second kappa shape index (κ2) is 6.49. The highest BCUT2D eigenvalue weighted by Gasteiger charge is 2.24. The van der Waals surface area contributed by atoms with E-state index >= 15 is 0 Å². The average molecular weight is 280 g/mol. The Balaban J connectivity index is 4.60. The van der Waals surface area contributed by atoms with Crippen LogP contribution in [0.2, 0.25) is 0 Å². The number of rotatable bonds is 7. The van der Waals surface area contributed by atoms with Gasteiger partial charge in [0.15, 0.2) is 0 Å². The summed E-state index contributed by atoms with van der Waals surface area (Å²) in [5, 5.41) is 12.0. The second-order valence-corrected chi connectivity index (χ2v) is 7.38. The summed E-state index contributed by atoms with van der Waals surface area (Å²) >= 11 is 0. The zero-order chi connectivity index (χ0) is 14.6. The van der Waals surface area contributed by atoms with Crippen LogP contribution in [0.1, 0.15) is 34.1 Å². The Morgan fingerprint density at radius 2 is 1.83 bits per heavy atom. The average Bonchev–Trinajstić information content (AvgIpc) is 2.08. The van der Waals surface area contributed by atoms with Crippen molar-refractivity contribution in [2.24, 2.45) is 5.92 Å². The number of carbonyl (C=O) groups is 1. The second-order valence-electron chi connectivity index (χ2n) is 5.60. The maximum absolute atomic E-state index is 11.9. The number of nitrogens with one attached hydrogen (secondary N) is 2. The zero-order valence-corrected chi connectivity index (χ0v) is 12.5. The van der Waals surface area contributed by atoms with E-state index in [1.165, 1.54) is 0 Å². The minimum atomic E-state index is -3.44. The molecule has 1 atom stereocenters. The fourth-order valence-corrected chi connectivity index (χ4v) is 2.09. The Kier molecular flexibility index (Phi) is 6.25. The monoisotopic (exact) mass is 280 g/mol. The van der Waals surface area contributed by atoms with Gasteiger partial charge in [-0.2, -0.15) is 0 Å². The van der Waals surface area contributed by atoms with E-state index < -0.39 is 27.6 Å². The molecule has 0 aliphatic rings. The molecule has 0 aromatic heterocycles. The van der Waals surface area contributed by atoms with Gasteiger partial charge in [-0.3, -0.25) is 4.79 Å². The summed E-state index contributed by atoms with van der Waals surface area (Å²) in [6.45, 7) is 7.01. The van der Waals surface area contributed by atoms with Crippen LogP contribution in [0.3, 0.4) is 0 Å². The van der Waals surface area contributed by atoms with E-state index in [1.54, 1.807) is 13.8 Å². The molecule has 7 heteroatoms. The molecule has 0 rings (SSSR count). The van der Waals surface area contributed by atoms with Crippen LogP contribution in [-0.2, 0) is 14.8 Å². The number of carbonyl (C=O) groups excluding carboxylic acids is 1. The van der Waals surface area contributed by atoms with E-state index in [0.717, 1.165) is 6.26 Å². The Labute approximate surface area is 109 Å². The zero-order valence-electron chi connectivity index (χ0n) is 11.6. The first kappa shape index (κ1) is 17.3. The highest BCUT2D eigenvalue weighted by atomic mass is 32.2. The maximum atomic E-state index is 11.9. The van der Waals surface area contributed by atoms with Crippen LogP contribution < -0.4 is 10.0 Å². The molecule has 1 unspecified atom stereocenters. The molecule has 0 aromatic rings. The highest BCUT2D eigenvalue weighted by Crippen LogP contribution is 2.06. The first-order valence-electron chi connectivity index (χ1n) is 5.88. The number of aliphatic hydroxyl groups is 1. The maximum Gasteiger partial charge on any atom is 0.238 e. The fraction of sp³-hybridized carbons (Fsp3) is 0.909. The van der Waals surface area contributed by atoms with Crippen LogP contribution >= 0.6 is 0 Å². The van der Waals surface area contributed by atoms with E-state index in [0.29, 0.717) is 6.42 Å². The van der Waals surface area contributed by atoms with Gasteiger partial charge in [0, 0.05) is 6.54 Å². The van der Waals surface area contributed by atoms with Crippen LogP contribution in [0.5, 0.6) is 0 Å². The van der Waals surface area contributed by atoms with Gasteiger partial charge in [-0.1, -0.05) is 13.8 Å². The fourth-order valence-electron chi connectivity index (χ4n) is 1.37. The summed E-state index contributed by atoms with van der Waals surface area (Å²) in [6, 6.07) is -0.803. The van der Waals surface area contributed by atoms with Gasteiger partial charge in [0.2, 0.25) is 15.9 Å². The molecule has 6 nitrogen and oxygen atoms in total. The molecule has 18 heavy (non-hydrogen) atoms. The summed E-state index contributed by atoms with van der Waals surface area (Å²) in [5.41, 5.74) is -1.02. The molecule has 108 valence electrons. The number of hydrogen-bond donors (Lipinski definition) is 3. The van der Waals surface area contributed by atoms with Crippen LogP contribution in [0.4, 0.5) is 0 Å². The predicted octanol–water partition coefficient (Wildman–Crippen LogP) is -0.163. The topological polar surface area (TPSA) is 95.5 Å². The number of sulfonamides is 1. The molecule has 0 bridgehead atoms. The van der Waals surface area contributed by atoms with Gasteiger partial charge < -0.3 is 10.4 Å². The van der Waals surface area contributed by atoms with Crippen molar-refractivity contribution in [1.82, 2.24) is 10.0 Å². The summed E-state index contributed by atoms with van der Waals surface area (Å²) in [7, 11) is -3.44. The van der Waals surface area contributed by atoms with Gasteiger partial charge in [0.1, 0.15) is 6.04 Å². The van der Waals surface area contributed by atoms with Crippen molar-refractivity contribution in [2.75, 3.05) is 12.8 Å². The first-order chi connectivity index (χ1) is 7.91. The lowest BCUT2D eigenvalue weighted by molar-refractivity contribution is -0.124. The first-order valence-corrected chi connectivity index (χ1v) is 7.77. The lowest BCUT2D eigenvalue weighted by Crippen LogP contribution is -2.50. The van der Waals surface area contributed by atoms with E-state index in [1.807, 2.05) is 13.8 Å². The molecule has 0 spiro atoms. The largest absolute Gasteiger partial charge is 0.389 e. The molecular formula is C11H24N2O4S. The third kappa shape index (κ3) is 9.38. The van der Waals surface area contributed by atoms with E-state index in [9.17, 15) is 18.3 Å². The van der Waals surface area contributed by atoms with E-state index in [-0.39, 0.29) is 12.5 Å². The van der Waals surface area contributed by atoms with Gasteiger partial charge >= 0.3 is 0 Å². The normalized spacial score (nSPS) is 14.6. The van der Waals surface area contributed by atoms with Crippen molar-refractivity contribution in [3.8, 4) is 0 Å². The molecule has 0 aromatic carbocycles. The molecule has 1 amide bonds. The number of amides is 1. The Bertz CT molecular complexity index is 371. The van der Waals surface area contributed by atoms with E-state index in [2.05, 4.69) is 10.0 Å². The predicted molar refractivity (Wildman–Crippen MR) is 70.5 cm³/mol. The summed E-state index contributed by atoms with van der Waals surface area (Å²) in [6.07, 6.45) is 1.42. The molecule has 0 saturated heterocycles. The van der Waals surface area contributed by atoms with Gasteiger partial charge in [0.25, 0.3) is 0 Å². The minimum Gasteiger partial charge on any atom is -0.389 e. The molecule has 0 radical (unpaired) electrons. The van der Waals surface area contributed by atoms with Crippen LogP contribution in [0, 0.1) is 5.92 Å². The van der Waals surface area contributed by atoms with Gasteiger partial charge in [0.05, 0.1) is 11.9 Å². The molecule has 0 aliphatic carbocycles. The Morgan fingerprint density at radius 3 is 2.17 bits per heavy atom. The van der Waals surface area contributed by atoms with Gasteiger partial charge in [-0.05, 0) is 26.2 Å². The van der Waals surface area contributed by atoms with Crippen molar-refractivity contribution in [1.29, 1.82) is 0 Å². The van der Waals surface area contributed by atoms with Crippen molar-refractivity contribution < 1.29 is 18.3 Å². The minimum absolute atomic E-state index is 0.0753. The number of hydrogen-bond acceptors (Lipinski definition) is 4. The molecular weight excluding hydrogens is 256 g/mol. The SMILES string of the molecule is CC(C)CC(NS(C)(=O)=O)C(=O)NCC(C)(C)O. The lowest BCUT2D eigenvalue weighted by atomic mass is 10.0. The van der Waals surface area contributed by atoms with Crippen molar-refractivity contribution in [3.63, 3.8) is 0 Å². The van der Waals surface area contributed by atoms with E-state index in [4.69, 9.17) is 0 Å². The quantitative estimate of drug-likeness (QED) is 0.604. The lowest BCUT2D eigenvalue weighted by Gasteiger charge is -2.22. The summed E-state index contributed by atoms with van der Waals surface area (Å²) < 4.78 is 24.7. The highest BCUT2D eigenvalue weighted by molar-refractivity contribution is 7.88. The molecule has 3 N–H and O–H groups in total. The standard InChI is InChI=1S/C11H24N2O4S/c1-8(2)6-9(13-18(5,16)17)10(14)12-7-11(3,4)15/h8-9,13,15H,6-7H2,1-5H3,(H,12,14). The third-order valence-electron chi connectivity index (χ3n) is 2.08. The molecule has 0 aliphatic heterocycles. The Morgan fingerprint density at radius 1 is 1.33 bits per heavy atom. The molecule has 0 saturated carbocycles. The van der Waals surface area contributed by atoms with Crippen molar-refractivity contribution in [2.45, 2.75) is 45.8 Å². The molecule has 0 fully saturated rings. The summed E-state index contributed by atoms with van der Waals surface area (Å²) in [5.74, 6) is -0.242. The summed E-state index contributed by atoms with van der Waals surface area (Å²) in [4.78, 5) is 11.9. The van der Waals surface area contributed by atoms with Crippen molar-refractivity contribution >= 4 is 15.9 Å².